The van der Waals surface area contributed by atoms with Gasteiger partial charge in [0, 0.05) is 6.07 Å². The zero-order valence-corrected chi connectivity index (χ0v) is 24.5. The second kappa shape index (κ2) is 12.5. The van der Waals surface area contributed by atoms with E-state index in [1.54, 1.807) is 0 Å². The van der Waals surface area contributed by atoms with Gasteiger partial charge in [-0.05, 0) is 6.07 Å². The van der Waals surface area contributed by atoms with Gasteiger partial charge in [-0.1, -0.05) is 0 Å². The largest absolute Gasteiger partial charge is 0.481 e. The van der Waals surface area contributed by atoms with Crippen LogP contribution in [0.4, 0.5) is 11.8 Å². The highest BCUT2D eigenvalue weighted by molar-refractivity contribution is 7.61. The van der Waals surface area contributed by atoms with Crippen molar-refractivity contribution in [3.05, 3.63) is 36.4 Å². The van der Waals surface area contributed by atoms with Crippen molar-refractivity contribution in [1.29, 1.82) is 0 Å². The predicted molar refractivity (Wildman–Crippen MR) is 144 cm³/mol. The molecule has 24 heteroatoms. The molecule has 10 unspecified atom stereocenters. The van der Waals surface area contributed by atoms with Crippen LogP contribution in [0.3, 0.4) is 0 Å². The summed E-state index contributed by atoms with van der Waals surface area (Å²) >= 11 is 0. The fourth-order valence-corrected chi connectivity index (χ4v) is 6.75. The van der Waals surface area contributed by atoms with Crippen LogP contribution >= 0.6 is 15.6 Å². The van der Waals surface area contributed by atoms with E-state index >= 15 is 0 Å². The number of aliphatic hydroxyl groups excluding tert-OH is 4. The molecule has 1 amide bonds. The summed E-state index contributed by atoms with van der Waals surface area (Å²) in [5.41, 5.74) is 16.9. The number of hydrogen-bond acceptors (Lipinski definition) is 17. The summed E-state index contributed by atoms with van der Waals surface area (Å²) in [6.45, 7) is -1.83. The molecule has 5 rings (SSSR count). The van der Waals surface area contributed by atoms with Crippen molar-refractivity contribution in [1.82, 2.24) is 19.5 Å². The summed E-state index contributed by atoms with van der Waals surface area (Å²) in [5, 5.41) is 41.7. The number of phosphoric acid groups is 2. The van der Waals surface area contributed by atoms with Gasteiger partial charge in [0.05, 0.1) is 19.5 Å². The predicted octanol–water partition coefficient (Wildman–Crippen LogP) is -3.43. The fraction of sp³-hybridized carbons (Fsp3) is 0.476. The number of rotatable bonds is 11. The highest BCUT2D eigenvalue weighted by Gasteiger charge is 2.50. The van der Waals surface area contributed by atoms with E-state index in [9.17, 15) is 44.1 Å². The molecule has 0 spiro atoms. The van der Waals surface area contributed by atoms with Crippen LogP contribution in [0.1, 0.15) is 22.8 Å². The number of aromatic nitrogens is 5. The number of pyridine rings is 1. The molecule has 3 aromatic heterocycles. The number of hydrogen-bond donors (Lipinski definition) is 9. The molecule has 0 bridgehead atoms. The topological polar surface area (TPSA) is 344 Å². The SMILES string of the molecule is NC(=O)c1ccc[n+](C2OC(COP(=O)(O)OP(=O)(O)OCC3OC(n4cnc5c(N)nc(N)nc54)C(O)C3O)C(O)C2O)c1. The lowest BCUT2D eigenvalue weighted by molar-refractivity contribution is -0.765. The van der Waals surface area contributed by atoms with Crippen LogP contribution in [0.2, 0.25) is 0 Å². The number of nitrogen functional groups attached to an aromatic ring is 2. The van der Waals surface area contributed by atoms with Crippen molar-refractivity contribution in [2.75, 3.05) is 24.7 Å². The van der Waals surface area contributed by atoms with Crippen molar-refractivity contribution in [3.8, 4) is 0 Å². The second-order valence-electron chi connectivity index (χ2n) is 9.90. The van der Waals surface area contributed by atoms with Crippen molar-refractivity contribution in [2.45, 2.75) is 49.1 Å². The van der Waals surface area contributed by atoms with Crippen molar-refractivity contribution in [3.63, 3.8) is 0 Å². The van der Waals surface area contributed by atoms with Crippen molar-refractivity contribution < 1.29 is 71.5 Å². The Balaban J connectivity index is 1.17. The van der Waals surface area contributed by atoms with Gasteiger partial charge in [0.25, 0.3) is 12.1 Å². The summed E-state index contributed by atoms with van der Waals surface area (Å²) in [5.74, 6) is -1.03. The Morgan fingerprint density at radius 3 is 2.24 bits per heavy atom. The van der Waals surface area contributed by atoms with E-state index in [0.717, 1.165) is 0 Å². The molecular formula is C21H29N8O14P2+. The first-order chi connectivity index (χ1) is 21.1. The maximum absolute atomic E-state index is 12.4. The molecule has 246 valence electrons. The minimum atomic E-state index is -5.39. The minimum absolute atomic E-state index is 0.0559. The van der Waals surface area contributed by atoms with E-state index in [-0.39, 0.29) is 28.5 Å². The van der Waals surface area contributed by atoms with Gasteiger partial charge >= 0.3 is 15.6 Å². The number of phosphoric ester groups is 2. The Morgan fingerprint density at radius 1 is 0.978 bits per heavy atom. The van der Waals surface area contributed by atoms with Gasteiger partial charge in [-0.2, -0.15) is 18.8 Å². The number of carbonyl (C=O) groups excluding carboxylic acids is 1. The molecule has 2 saturated heterocycles. The summed E-state index contributed by atoms with van der Waals surface area (Å²) < 4.78 is 52.0. The number of anilines is 2. The quantitative estimate of drug-likeness (QED) is 0.0703. The van der Waals surface area contributed by atoms with Crippen LogP contribution in [-0.2, 0) is 32.0 Å². The van der Waals surface area contributed by atoms with E-state index in [0.29, 0.717) is 0 Å². The van der Waals surface area contributed by atoms with Gasteiger partial charge in [0.1, 0.15) is 41.6 Å². The lowest BCUT2D eigenvalue weighted by atomic mass is 10.1. The Labute approximate surface area is 251 Å². The fourth-order valence-electron chi connectivity index (χ4n) is 4.66. The lowest BCUT2D eigenvalue weighted by Crippen LogP contribution is -2.46. The first-order valence-electron chi connectivity index (χ1n) is 12.8. The molecular weight excluding hydrogens is 650 g/mol. The molecule has 2 aliphatic rings. The summed E-state index contributed by atoms with van der Waals surface area (Å²) in [6.07, 6.45) is -8.25. The number of carbonyl (C=O) groups is 1. The second-order valence-corrected chi connectivity index (χ2v) is 12.9. The van der Waals surface area contributed by atoms with E-state index < -0.39 is 83.8 Å². The first kappa shape index (κ1) is 33.2. The molecule has 45 heavy (non-hydrogen) atoms. The van der Waals surface area contributed by atoms with Crippen molar-refractivity contribution >= 4 is 44.5 Å². The van der Waals surface area contributed by atoms with Gasteiger partial charge in [-0.3, -0.25) is 18.4 Å². The number of fused-ring (bicyclic) bond motifs is 1. The number of aliphatic hydroxyl groups is 4. The third-order valence-electron chi connectivity index (χ3n) is 6.83. The van der Waals surface area contributed by atoms with Crippen molar-refractivity contribution in [2.24, 2.45) is 5.73 Å². The average Bonchev–Trinajstić information content (AvgIpc) is 3.60. The Morgan fingerprint density at radius 2 is 1.60 bits per heavy atom. The molecule has 3 aromatic rings. The lowest BCUT2D eigenvalue weighted by Gasteiger charge is -2.20. The number of nitrogens with two attached hydrogens (primary N) is 3. The van der Waals surface area contributed by atoms with Gasteiger partial charge in [0.15, 0.2) is 36.2 Å². The highest BCUT2D eigenvalue weighted by atomic mass is 31.3. The third kappa shape index (κ3) is 6.98. The van der Waals surface area contributed by atoms with Crippen LogP contribution in [-0.4, -0.2) is 105 Å². The number of ether oxygens (including phenoxy) is 2. The molecule has 0 radical (unpaired) electrons. The van der Waals surface area contributed by atoms with Gasteiger partial charge in [0.2, 0.25) is 5.95 Å². The van der Waals surface area contributed by atoms with E-state index in [4.69, 9.17) is 31.2 Å². The monoisotopic (exact) mass is 679 g/mol. The Bertz CT molecular complexity index is 1680. The van der Waals surface area contributed by atoms with Gasteiger partial charge < -0.3 is 56.9 Å². The first-order valence-corrected chi connectivity index (χ1v) is 15.8. The molecule has 2 aliphatic heterocycles. The number of primary amides is 1. The van der Waals surface area contributed by atoms with Crippen LogP contribution < -0.4 is 21.8 Å². The zero-order valence-electron chi connectivity index (χ0n) is 22.7. The van der Waals surface area contributed by atoms with Crippen LogP contribution in [0, 0.1) is 0 Å². The smallest absolute Gasteiger partial charge is 0.387 e. The maximum atomic E-state index is 12.4. The minimum Gasteiger partial charge on any atom is -0.387 e. The van der Waals surface area contributed by atoms with E-state index in [2.05, 4.69) is 23.8 Å². The Kier molecular flexibility index (Phi) is 9.23. The molecule has 2 fully saturated rings. The molecule has 10 atom stereocenters. The molecule has 12 N–H and O–H groups in total. The summed E-state index contributed by atoms with van der Waals surface area (Å²) in [4.78, 5) is 43.3. The number of amides is 1. The highest BCUT2D eigenvalue weighted by Crippen LogP contribution is 2.60. The molecule has 5 heterocycles. The Hall–Kier alpha value is -3.21. The number of nitrogens with zero attached hydrogens (tertiary/aromatic N) is 5. The molecule has 0 aromatic carbocycles. The standard InChI is InChI=1S/C21H28N8O14P2/c22-16-11-18(27-21(24)26-16)29(7-25-11)20-15(33)13(31)10(42-20)6-40-45(37,38)43-44(35,36)39-5-9-12(30)14(32)19(41-9)28-3-1-2-8(4-28)17(23)34/h1-4,7,9-10,12-15,19-20,30-33H,5-6H2,(H7-,22,23,24,26,27,34,35,36,37,38)/p+1. The summed E-state index contributed by atoms with van der Waals surface area (Å²) in [6, 6.07) is 2.83. The van der Waals surface area contributed by atoms with Gasteiger partial charge in [-0.25, -0.2) is 14.1 Å². The third-order valence-corrected chi connectivity index (χ3v) is 9.43. The molecule has 0 saturated carbocycles. The van der Waals surface area contributed by atoms with Crippen LogP contribution in [0.15, 0.2) is 30.9 Å². The summed E-state index contributed by atoms with van der Waals surface area (Å²) in [7, 11) is -10.8. The van der Waals surface area contributed by atoms with Gasteiger partial charge in [-0.15, -0.1) is 0 Å². The zero-order chi connectivity index (χ0) is 32.8. The average molecular weight is 679 g/mol. The molecule has 0 aliphatic carbocycles. The van der Waals surface area contributed by atoms with E-state index in [1.165, 1.54) is 40.0 Å². The number of imidazole rings is 1. The molecule has 22 nitrogen and oxygen atoms in total. The maximum Gasteiger partial charge on any atom is 0.481 e. The van der Waals surface area contributed by atoms with Crippen LogP contribution in [0.5, 0.6) is 0 Å². The van der Waals surface area contributed by atoms with E-state index in [1.807, 2.05) is 0 Å². The normalized spacial score (nSPS) is 31.2. The van der Waals surface area contributed by atoms with Crippen LogP contribution in [0.25, 0.3) is 11.2 Å².